The number of piperidine rings is 1. The van der Waals surface area contributed by atoms with E-state index in [1.165, 1.54) is 0 Å². The van der Waals surface area contributed by atoms with Crippen molar-refractivity contribution in [3.05, 3.63) is 39.8 Å². The van der Waals surface area contributed by atoms with Crippen LogP contribution < -0.4 is 5.32 Å². The van der Waals surface area contributed by atoms with Crippen molar-refractivity contribution in [2.24, 2.45) is 0 Å². The van der Waals surface area contributed by atoms with Gasteiger partial charge in [-0.15, -0.1) is 11.3 Å². The molecule has 3 rings (SSSR count). The molecule has 2 aromatic rings. The van der Waals surface area contributed by atoms with E-state index in [2.05, 4.69) is 26.2 Å². The van der Waals surface area contributed by atoms with Crippen LogP contribution in [0.5, 0.6) is 0 Å². The maximum Gasteiger partial charge on any atom is 0.228 e. The first-order valence-electron chi connectivity index (χ1n) is 7.81. The maximum atomic E-state index is 12.5. The number of hydrogen-bond acceptors (Lipinski definition) is 4. The fourth-order valence-electron chi connectivity index (χ4n) is 2.85. The van der Waals surface area contributed by atoms with Gasteiger partial charge in [0, 0.05) is 34.5 Å². The molecule has 0 bridgehead atoms. The number of carbonyl (C=O) groups is 1. The van der Waals surface area contributed by atoms with Crippen LogP contribution in [-0.2, 0) is 11.2 Å². The van der Waals surface area contributed by atoms with Crippen molar-refractivity contribution in [3.8, 4) is 10.6 Å². The minimum Gasteiger partial charge on any atom is -0.341 e. The lowest BCUT2D eigenvalue weighted by Gasteiger charge is -2.32. The molecule has 1 aromatic carbocycles. The third kappa shape index (κ3) is 4.19. The highest BCUT2D eigenvalue weighted by Gasteiger charge is 2.23. The molecule has 1 aliphatic rings. The van der Waals surface area contributed by atoms with E-state index >= 15 is 0 Å². The van der Waals surface area contributed by atoms with Crippen LogP contribution in [0.4, 0.5) is 0 Å². The number of nitrogens with one attached hydrogen (secondary N) is 1. The average molecular weight is 394 g/mol. The number of hydrogen-bond donors (Lipinski definition) is 1. The Labute approximate surface area is 149 Å². The number of aromatic nitrogens is 1. The van der Waals surface area contributed by atoms with Crippen LogP contribution >= 0.6 is 27.3 Å². The molecule has 1 amide bonds. The molecule has 4 nitrogen and oxygen atoms in total. The smallest absolute Gasteiger partial charge is 0.228 e. The normalized spacial score (nSPS) is 18.2. The number of rotatable bonds is 4. The first-order chi connectivity index (χ1) is 11.2. The van der Waals surface area contributed by atoms with E-state index in [4.69, 9.17) is 0 Å². The Balaban J connectivity index is 1.66. The molecule has 0 saturated carbocycles. The number of benzene rings is 1. The summed E-state index contributed by atoms with van der Waals surface area (Å²) in [4.78, 5) is 19.1. The molecule has 0 spiro atoms. The summed E-state index contributed by atoms with van der Waals surface area (Å²) in [6, 6.07) is 8.50. The van der Waals surface area contributed by atoms with Gasteiger partial charge in [0.1, 0.15) is 5.01 Å². The van der Waals surface area contributed by atoms with E-state index in [0.717, 1.165) is 46.7 Å². The number of likely N-dealkylation sites (tertiary alicyclic amines) is 1. The summed E-state index contributed by atoms with van der Waals surface area (Å²) >= 11 is 5.07. The zero-order valence-corrected chi connectivity index (χ0v) is 15.5. The van der Waals surface area contributed by atoms with Gasteiger partial charge >= 0.3 is 0 Å². The molecule has 6 heteroatoms. The zero-order valence-electron chi connectivity index (χ0n) is 13.1. The van der Waals surface area contributed by atoms with Gasteiger partial charge in [0.2, 0.25) is 5.91 Å². The van der Waals surface area contributed by atoms with E-state index in [0.29, 0.717) is 12.5 Å². The molecule has 1 aliphatic heterocycles. The van der Waals surface area contributed by atoms with E-state index in [9.17, 15) is 4.79 Å². The third-order valence-electron chi connectivity index (χ3n) is 4.14. The second kappa shape index (κ2) is 7.55. The van der Waals surface area contributed by atoms with Crippen LogP contribution in [0.3, 0.4) is 0 Å². The molecule has 1 aromatic heterocycles. The second-order valence-electron chi connectivity index (χ2n) is 5.80. The molecule has 2 heterocycles. The quantitative estimate of drug-likeness (QED) is 0.866. The Bertz CT molecular complexity index is 688. The van der Waals surface area contributed by atoms with Crippen LogP contribution in [0.2, 0.25) is 0 Å². The monoisotopic (exact) mass is 393 g/mol. The SMILES string of the molecule is CNC1CCCN(C(=O)Cc2csc(-c3cccc(Br)c3)n2)C1. The summed E-state index contributed by atoms with van der Waals surface area (Å²) in [6.07, 6.45) is 2.60. The summed E-state index contributed by atoms with van der Waals surface area (Å²) in [5.74, 6) is 0.177. The standard InChI is InChI=1S/C17H20BrN3OS/c1-19-14-6-3-7-21(10-14)16(22)9-15-11-23-17(20-15)12-4-2-5-13(18)8-12/h2,4-5,8,11,14,19H,3,6-7,9-10H2,1H3. The number of carbonyl (C=O) groups excluding carboxylic acids is 1. The van der Waals surface area contributed by atoms with E-state index < -0.39 is 0 Å². The molecular formula is C17H20BrN3OS. The van der Waals surface area contributed by atoms with Crippen LogP contribution in [0, 0.1) is 0 Å². The molecule has 1 fully saturated rings. The van der Waals surface area contributed by atoms with Crippen molar-refractivity contribution < 1.29 is 4.79 Å². The van der Waals surface area contributed by atoms with Crippen LogP contribution in [-0.4, -0.2) is 42.0 Å². The maximum absolute atomic E-state index is 12.5. The second-order valence-corrected chi connectivity index (χ2v) is 7.57. The highest BCUT2D eigenvalue weighted by atomic mass is 79.9. The van der Waals surface area contributed by atoms with Gasteiger partial charge in [0.05, 0.1) is 12.1 Å². The Hall–Kier alpha value is -1.24. The fourth-order valence-corrected chi connectivity index (χ4v) is 4.06. The minimum atomic E-state index is 0.177. The Morgan fingerprint density at radius 2 is 2.39 bits per heavy atom. The largest absolute Gasteiger partial charge is 0.341 e. The topological polar surface area (TPSA) is 45.2 Å². The lowest BCUT2D eigenvalue weighted by Crippen LogP contribution is -2.47. The predicted octanol–water partition coefficient (Wildman–Crippen LogP) is 3.33. The number of halogens is 1. The highest BCUT2D eigenvalue weighted by Crippen LogP contribution is 2.26. The van der Waals surface area contributed by atoms with Crippen molar-refractivity contribution in [2.75, 3.05) is 20.1 Å². The molecule has 1 saturated heterocycles. The van der Waals surface area contributed by atoms with Crippen molar-refractivity contribution in [3.63, 3.8) is 0 Å². The number of amides is 1. The van der Waals surface area contributed by atoms with Crippen LogP contribution in [0.1, 0.15) is 18.5 Å². The van der Waals surface area contributed by atoms with Crippen molar-refractivity contribution in [1.29, 1.82) is 0 Å². The fraction of sp³-hybridized carbons (Fsp3) is 0.412. The van der Waals surface area contributed by atoms with Crippen molar-refractivity contribution in [2.45, 2.75) is 25.3 Å². The number of thiazole rings is 1. The average Bonchev–Trinajstić information content (AvgIpc) is 3.03. The summed E-state index contributed by atoms with van der Waals surface area (Å²) in [6.45, 7) is 1.66. The third-order valence-corrected chi connectivity index (χ3v) is 5.57. The molecule has 0 radical (unpaired) electrons. The molecule has 1 unspecified atom stereocenters. The van der Waals surface area contributed by atoms with E-state index in [-0.39, 0.29) is 5.91 Å². The van der Waals surface area contributed by atoms with E-state index in [1.807, 2.05) is 41.6 Å². The summed E-state index contributed by atoms with van der Waals surface area (Å²) in [7, 11) is 1.96. The molecule has 0 aliphatic carbocycles. The Kier molecular flexibility index (Phi) is 5.46. The summed E-state index contributed by atoms with van der Waals surface area (Å²) in [5.41, 5.74) is 1.94. The number of likely N-dealkylation sites (N-methyl/N-ethyl adjacent to an activating group) is 1. The van der Waals surface area contributed by atoms with E-state index in [1.54, 1.807) is 11.3 Å². The van der Waals surface area contributed by atoms with Gasteiger partial charge in [-0.1, -0.05) is 28.1 Å². The lowest BCUT2D eigenvalue weighted by molar-refractivity contribution is -0.131. The molecule has 23 heavy (non-hydrogen) atoms. The molecular weight excluding hydrogens is 374 g/mol. The van der Waals surface area contributed by atoms with Gasteiger partial charge in [-0.3, -0.25) is 4.79 Å². The van der Waals surface area contributed by atoms with Crippen molar-refractivity contribution >= 4 is 33.2 Å². The van der Waals surface area contributed by atoms with Crippen molar-refractivity contribution in [1.82, 2.24) is 15.2 Å². The first kappa shape index (κ1) is 16.6. The van der Waals surface area contributed by atoms with Crippen LogP contribution in [0.15, 0.2) is 34.1 Å². The zero-order chi connectivity index (χ0) is 16.2. The first-order valence-corrected chi connectivity index (χ1v) is 9.48. The summed E-state index contributed by atoms with van der Waals surface area (Å²) in [5, 5.41) is 6.22. The Morgan fingerprint density at radius 1 is 1.52 bits per heavy atom. The van der Waals surface area contributed by atoms with Gasteiger partial charge in [-0.25, -0.2) is 4.98 Å². The Morgan fingerprint density at radius 3 is 3.17 bits per heavy atom. The van der Waals surface area contributed by atoms with Gasteiger partial charge in [0.15, 0.2) is 0 Å². The van der Waals surface area contributed by atoms with Gasteiger partial charge in [-0.2, -0.15) is 0 Å². The predicted molar refractivity (Wildman–Crippen MR) is 97.6 cm³/mol. The van der Waals surface area contributed by atoms with Gasteiger partial charge < -0.3 is 10.2 Å². The number of nitrogens with zero attached hydrogens (tertiary/aromatic N) is 2. The highest BCUT2D eigenvalue weighted by molar-refractivity contribution is 9.10. The van der Waals surface area contributed by atoms with Gasteiger partial charge in [0.25, 0.3) is 0 Å². The van der Waals surface area contributed by atoms with Crippen LogP contribution in [0.25, 0.3) is 10.6 Å². The lowest BCUT2D eigenvalue weighted by atomic mass is 10.1. The minimum absolute atomic E-state index is 0.177. The summed E-state index contributed by atoms with van der Waals surface area (Å²) < 4.78 is 1.04. The molecule has 122 valence electrons. The molecule has 1 atom stereocenters. The molecule has 1 N–H and O–H groups in total. The van der Waals surface area contributed by atoms with Gasteiger partial charge in [-0.05, 0) is 32.0 Å².